The lowest BCUT2D eigenvalue weighted by atomic mass is 10.0. The summed E-state index contributed by atoms with van der Waals surface area (Å²) < 4.78 is 6.61. The van der Waals surface area contributed by atoms with E-state index in [0.717, 1.165) is 28.5 Å². The molecule has 1 N–H and O–H groups in total. The Labute approximate surface area is 216 Å². The zero-order valence-electron chi connectivity index (χ0n) is 21.9. The van der Waals surface area contributed by atoms with E-state index in [1.165, 1.54) is 10.2 Å². The number of fused-ring (bicyclic) bond motifs is 1. The molecule has 2 aromatic heterocycles. The highest BCUT2D eigenvalue weighted by Crippen LogP contribution is 2.26. The standard InChI is InChI=1S/C28H34N6O3/c1-5-24(27-30-31-32-34(27)18-25(35)37-6-2)33(15-14-21-10-8-7-9-11-21)17-22-16-23-19(3)12-13-20(4)26(23)29-28(22)36/h7-13,16,24H,5-6,14-15,17-18H2,1-4H3,(H,29,36)/t24-/m1/s1. The van der Waals surface area contributed by atoms with Crippen molar-refractivity contribution in [3.05, 3.63) is 87.0 Å². The number of aromatic nitrogens is 5. The van der Waals surface area contributed by atoms with Gasteiger partial charge in [-0.15, -0.1) is 5.10 Å². The van der Waals surface area contributed by atoms with Gasteiger partial charge in [0.1, 0.15) is 6.54 Å². The minimum atomic E-state index is -0.390. The molecule has 0 aliphatic carbocycles. The van der Waals surface area contributed by atoms with Crippen molar-refractivity contribution in [3.63, 3.8) is 0 Å². The molecule has 0 saturated heterocycles. The highest BCUT2D eigenvalue weighted by atomic mass is 16.5. The fraction of sp³-hybridized carbons (Fsp3) is 0.393. The molecule has 9 heteroatoms. The molecule has 0 bridgehead atoms. The maximum Gasteiger partial charge on any atom is 0.327 e. The van der Waals surface area contributed by atoms with E-state index in [1.54, 1.807) is 6.92 Å². The number of tetrazole rings is 1. The molecule has 4 rings (SSSR count). The van der Waals surface area contributed by atoms with Gasteiger partial charge in [-0.2, -0.15) is 0 Å². The Balaban J connectivity index is 1.70. The number of benzene rings is 2. The molecule has 0 aliphatic heterocycles. The maximum absolute atomic E-state index is 13.2. The van der Waals surface area contributed by atoms with Crippen molar-refractivity contribution >= 4 is 16.9 Å². The second kappa shape index (κ2) is 11.9. The highest BCUT2D eigenvalue weighted by molar-refractivity contribution is 5.85. The third-order valence-corrected chi connectivity index (χ3v) is 6.69. The minimum absolute atomic E-state index is 0.0613. The van der Waals surface area contributed by atoms with Gasteiger partial charge in [-0.3, -0.25) is 14.5 Å². The zero-order valence-corrected chi connectivity index (χ0v) is 21.9. The third kappa shape index (κ3) is 6.11. The van der Waals surface area contributed by atoms with Crippen molar-refractivity contribution in [3.8, 4) is 0 Å². The van der Waals surface area contributed by atoms with Crippen molar-refractivity contribution in [2.24, 2.45) is 0 Å². The van der Waals surface area contributed by atoms with Gasteiger partial charge in [0.15, 0.2) is 5.82 Å². The van der Waals surface area contributed by atoms with Gasteiger partial charge in [0.2, 0.25) is 0 Å². The van der Waals surface area contributed by atoms with Crippen LogP contribution in [0.25, 0.3) is 10.9 Å². The molecule has 0 saturated carbocycles. The number of ether oxygens (including phenoxy) is 1. The van der Waals surface area contributed by atoms with Crippen LogP contribution in [0.4, 0.5) is 0 Å². The number of pyridine rings is 1. The number of hydrogen-bond donors (Lipinski definition) is 1. The molecule has 194 valence electrons. The summed E-state index contributed by atoms with van der Waals surface area (Å²) in [5.41, 5.74) is 4.79. The first-order valence-corrected chi connectivity index (χ1v) is 12.7. The summed E-state index contributed by atoms with van der Waals surface area (Å²) in [6, 6.07) is 16.1. The number of H-pyrrole nitrogens is 1. The number of aryl methyl sites for hydroxylation is 2. The van der Waals surface area contributed by atoms with Crippen LogP contribution in [0.2, 0.25) is 0 Å². The molecule has 0 fully saturated rings. The normalized spacial score (nSPS) is 12.2. The SMILES string of the molecule is CCOC(=O)Cn1nnnc1[C@@H](CC)N(CCc1ccccc1)Cc1cc2c(C)ccc(C)c2[nH]c1=O. The molecular weight excluding hydrogens is 468 g/mol. The molecule has 0 spiro atoms. The van der Waals surface area contributed by atoms with Crippen LogP contribution < -0.4 is 5.56 Å². The van der Waals surface area contributed by atoms with E-state index in [2.05, 4.69) is 57.5 Å². The lowest BCUT2D eigenvalue weighted by Gasteiger charge is -2.30. The summed E-state index contributed by atoms with van der Waals surface area (Å²) in [5.74, 6) is 0.186. The lowest BCUT2D eigenvalue weighted by Crippen LogP contribution is -2.34. The number of aromatic amines is 1. The number of nitrogens with one attached hydrogen (secondary N) is 1. The van der Waals surface area contributed by atoms with Crippen molar-refractivity contribution in [1.82, 2.24) is 30.1 Å². The van der Waals surface area contributed by atoms with Gasteiger partial charge in [0.05, 0.1) is 18.2 Å². The number of nitrogens with zero attached hydrogens (tertiary/aromatic N) is 5. The quantitative estimate of drug-likeness (QED) is 0.310. The van der Waals surface area contributed by atoms with Crippen LogP contribution in [-0.2, 0) is 29.0 Å². The van der Waals surface area contributed by atoms with E-state index in [9.17, 15) is 9.59 Å². The first-order valence-electron chi connectivity index (χ1n) is 12.7. The average molecular weight is 503 g/mol. The van der Waals surface area contributed by atoms with Crippen LogP contribution in [0.15, 0.2) is 53.3 Å². The Morgan fingerprint density at radius 1 is 1.11 bits per heavy atom. The number of carbonyl (C=O) groups excluding carboxylic acids is 1. The maximum atomic E-state index is 13.2. The van der Waals surface area contributed by atoms with Gasteiger partial charge in [0.25, 0.3) is 5.56 Å². The first-order chi connectivity index (χ1) is 17.9. The Bertz CT molecular complexity index is 1410. The molecule has 9 nitrogen and oxygen atoms in total. The second-order valence-corrected chi connectivity index (χ2v) is 9.24. The Morgan fingerprint density at radius 3 is 2.59 bits per heavy atom. The summed E-state index contributed by atoms with van der Waals surface area (Å²) in [4.78, 5) is 30.7. The molecule has 2 aromatic carbocycles. The van der Waals surface area contributed by atoms with Crippen LogP contribution in [0, 0.1) is 13.8 Å². The van der Waals surface area contributed by atoms with Gasteiger partial charge < -0.3 is 9.72 Å². The van der Waals surface area contributed by atoms with Gasteiger partial charge in [-0.1, -0.05) is 49.4 Å². The third-order valence-electron chi connectivity index (χ3n) is 6.69. The average Bonchev–Trinajstić information content (AvgIpc) is 3.34. The smallest absolute Gasteiger partial charge is 0.327 e. The van der Waals surface area contributed by atoms with Crippen molar-refractivity contribution in [2.45, 2.75) is 59.7 Å². The Hall–Kier alpha value is -3.85. The van der Waals surface area contributed by atoms with Gasteiger partial charge >= 0.3 is 5.97 Å². The van der Waals surface area contributed by atoms with E-state index in [0.29, 0.717) is 37.5 Å². The van der Waals surface area contributed by atoms with Crippen molar-refractivity contribution in [1.29, 1.82) is 0 Å². The summed E-state index contributed by atoms with van der Waals surface area (Å²) in [6.07, 6.45) is 1.49. The topological polar surface area (TPSA) is 106 Å². The predicted molar refractivity (Wildman–Crippen MR) is 142 cm³/mol. The highest BCUT2D eigenvalue weighted by Gasteiger charge is 2.26. The Morgan fingerprint density at radius 2 is 1.86 bits per heavy atom. The predicted octanol–water partition coefficient (Wildman–Crippen LogP) is 3.89. The van der Waals surface area contributed by atoms with E-state index in [-0.39, 0.29) is 18.1 Å². The fourth-order valence-electron chi connectivity index (χ4n) is 4.71. The van der Waals surface area contributed by atoms with E-state index in [4.69, 9.17) is 4.74 Å². The number of carbonyl (C=O) groups is 1. The molecule has 37 heavy (non-hydrogen) atoms. The molecular formula is C28H34N6O3. The molecule has 0 unspecified atom stereocenters. The van der Waals surface area contributed by atoms with Crippen LogP contribution in [0.5, 0.6) is 0 Å². The van der Waals surface area contributed by atoms with Crippen molar-refractivity contribution < 1.29 is 9.53 Å². The summed E-state index contributed by atoms with van der Waals surface area (Å²) in [6.45, 7) is 9.20. The number of hydrogen-bond acceptors (Lipinski definition) is 7. The zero-order chi connectivity index (χ0) is 26.4. The number of esters is 1. The van der Waals surface area contributed by atoms with Crippen LogP contribution in [0.3, 0.4) is 0 Å². The molecule has 0 radical (unpaired) electrons. The largest absolute Gasteiger partial charge is 0.465 e. The monoisotopic (exact) mass is 502 g/mol. The molecule has 2 heterocycles. The van der Waals surface area contributed by atoms with Crippen molar-refractivity contribution in [2.75, 3.05) is 13.2 Å². The summed E-state index contributed by atoms with van der Waals surface area (Å²) in [5, 5.41) is 13.2. The molecule has 0 amide bonds. The molecule has 4 aromatic rings. The lowest BCUT2D eigenvalue weighted by molar-refractivity contribution is -0.144. The van der Waals surface area contributed by atoms with Crippen LogP contribution in [0.1, 0.15) is 54.4 Å². The first kappa shape index (κ1) is 26.2. The molecule has 1 atom stereocenters. The number of rotatable bonds is 11. The van der Waals surface area contributed by atoms with Gasteiger partial charge in [-0.25, -0.2) is 4.68 Å². The van der Waals surface area contributed by atoms with E-state index < -0.39 is 5.97 Å². The van der Waals surface area contributed by atoms with Crippen LogP contribution >= 0.6 is 0 Å². The van der Waals surface area contributed by atoms with Crippen LogP contribution in [-0.4, -0.2) is 49.2 Å². The van der Waals surface area contributed by atoms with E-state index >= 15 is 0 Å². The summed E-state index contributed by atoms with van der Waals surface area (Å²) in [7, 11) is 0. The van der Waals surface area contributed by atoms with E-state index in [1.807, 2.05) is 37.3 Å². The fourth-order valence-corrected chi connectivity index (χ4v) is 4.71. The van der Waals surface area contributed by atoms with Gasteiger partial charge in [0, 0.05) is 24.0 Å². The summed E-state index contributed by atoms with van der Waals surface area (Å²) >= 11 is 0. The Kier molecular flexibility index (Phi) is 8.45. The second-order valence-electron chi connectivity index (χ2n) is 9.24. The molecule has 0 aliphatic rings. The minimum Gasteiger partial charge on any atom is -0.465 e. The van der Waals surface area contributed by atoms with Gasteiger partial charge in [-0.05, 0) is 66.8 Å².